The summed E-state index contributed by atoms with van der Waals surface area (Å²) in [6.45, 7) is 6.60. The number of nitrogens with zero attached hydrogens (tertiary/aromatic N) is 1. The molecule has 0 N–H and O–H groups in total. The van der Waals surface area contributed by atoms with Crippen LogP contribution in [0.4, 0.5) is 0 Å². The number of fused-ring (bicyclic) bond motifs is 1. The molecule has 2 heterocycles. The van der Waals surface area contributed by atoms with Crippen molar-refractivity contribution in [3.63, 3.8) is 0 Å². The first kappa shape index (κ1) is 14.0. The lowest BCUT2D eigenvalue weighted by Gasteiger charge is -2.20. The molecule has 2 aliphatic heterocycles. The van der Waals surface area contributed by atoms with Gasteiger partial charge in [-0.3, -0.25) is 4.79 Å². The predicted molar refractivity (Wildman–Crippen MR) is 78.7 cm³/mol. The SMILES string of the molecule is C[C@@H]1C[C@@H]1C(=O)N1C[C@H]2[C@@H](CCOCC3CC3)CO[C@H]2C1. The number of carbonyl (C=O) groups is 1. The average molecular weight is 293 g/mol. The van der Waals surface area contributed by atoms with Crippen LogP contribution in [0.1, 0.15) is 32.6 Å². The molecule has 0 aromatic carbocycles. The third kappa shape index (κ3) is 2.98. The molecule has 0 unspecified atom stereocenters. The standard InChI is InChI=1S/C17H27NO3/c1-11-6-14(11)17(19)18-7-15-13(10-21-16(15)8-18)4-5-20-9-12-2-3-12/h11-16H,2-10H2,1H3/t11-,13+,14+,15+,16+/m1/s1. The fourth-order valence-corrected chi connectivity index (χ4v) is 3.95. The molecular formula is C17H27NO3. The van der Waals surface area contributed by atoms with E-state index in [4.69, 9.17) is 9.47 Å². The van der Waals surface area contributed by atoms with E-state index < -0.39 is 0 Å². The van der Waals surface area contributed by atoms with Gasteiger partial charge >= 0.3 is 0 Å². The van der Waals surface area contributed by atoms with E-state index in [0.29, 0.717) is 29.6 Å². The Bertz CT molecular complexity index is 409. The maximum Gasteiger partial charge on any atom is 0.226 e. The second kappa shape index (κ2) is 5.54. The number of likely N-dealkylation sites (tertiary alicyclic amines) is 1. The van der Waals surface area contributed by atoms with Crippen molar-refractivity contribution >= 4 is 5.91 Å². The fourth-order valence-electron chi connectivity index (χ4n) is 3.95. The van der Waals surface area contributed by atoms with Crippen LogP contribution >= 0.6 is 0 Å². The quantitative estimate of drug-likeness (QED) is 0.703. The lowest BCUT2D eigenvalue weighted by molar-refractivity contribution is -0.132. The minimum absolute atomic E-state index is 0.288. The molecule has 4 aliphatic rings. The van der Waals surface area contributed by atoms with Crippen LogP contribution in [0.25, 0.3) is 0 Å². The summed E-state index contributed by atoms with van der Waals surface area (Å²) in [5.74, 6) is 3.27. The molecule has 0 aromatic heterocycles. The monoisotopic (exact) mass is 293 g/mol. The van der Waals surface area contributed by atoms with Crippen LogP contribution in [-0.4, -0.2) is 49.8 Å². The number of carbonyl (C=O) groups excluding carboxylic acids is 1. The van der Waals surface area contributed by atoms with Crippen molar-refractivity contribution in [3.05, 3.63) is 0 Å². The van der Waals surface area contributed by atoms with E-state index in [1.54, 1.807) is 0 Å². The predicted octanol–water partition coefficient (Wildman–Crippen LogP) is 1.93. The lowest BCUT2D eigenvalue weighted by atomic mass is 9.91. The van der Waals surface area contributed by atoms with Gasteiger partial charge < -0.3 is 14.4 Å². The third-order valence-electron chi connectivity index (χ3n) is 5.86. The first-order valence-electron chi connectivity index (χ1n) is 8.70. The smallest absolute Gasteiger partial charge is 0.226 e. The second-order valence-corrected chi connectivity index (χ2v) is 7.67. The number of hydrogen-bond acceptors (Lipinski definition) is 3. The van der Waals surface area contributed by atoms with Crippen LogP contribution in [0, 0.1) is 29.6 Å². The molecule has 2 aliphatic carbocycles. The van der Waals surface area contributed by atoms with Gasteiger partial charge in [0.05, 0.1) is 12.7 Å². The van der Waals surface area contributed by atoms with Crippen molar-refractivity contribution in [1.29, 1.82) is 0 Å². The molecule has 2 saturated heterocycles. The average Bonchev–Trinajstić information content (AvgIpc) is 3.34. The lowest BCUT2D eigenvalue weighted by Crippen LogP contribution is -2.32. The molecule has 1 amide bonds. The molecule has 4 nitrogen and oxygen atoms in total. The Kier molecular flexibility index (Phi) is 3.70. The Labute approximate surface area is 127 Å². The third-order valence-corrected chi connectivity index (χ3v) is 5.86. The van der Waals surface area contributed by atoms with E-state index in [-0.39, 0.29) is 6.10 Å². The first-order chi connectivity index (χ1) is 10.2. The second-order valence-electron chi connectivity index (χ2n) is 7.67. The molecule has 0 spiro atoms. The van der Waals surface area contributed by atoms with Gasteiger partial charge in [0.1, 0.15) is 0 Å². The Morgan fingerprint density at radius 1 is 1.33 bits per heavy atom. The minimum atomic E-state index is 0.288. The molecule has 21 heavy (non-hydrogen) atoms. The van der Waals surface area contributed by atoms with Crippen molar-refractivity contribution in [1.82, 2.24) is 4.90 Å². The highest BCUT2D eigenvalue weighted by molar-refractivity contribution is 5.82. The summed E-state index contributed by atoms with van der Waals surface area (Å²) in [6, 6.07) is 0. The maximum atomic E-state index is 12.3. The highest BCUT2D eigenvalue weighted by Crippen LogP contribution is 2.42. The molecule has 4 heteroatoms. The van der Waals surface area contributed by atoms with Gasteiger partial charge in [0.15, 0.2) is 0 Å². The minimum Gasteiger partial charge on any atom is -0.381 e. The molecule has 118 valence electrons. The number of hydrogen-bond donors (Lipinski definition) is 0. The van der Waals surface area contributed by atoms with Crippen LogP contribution in [-0.2, 0) is 14.3 Å². The van der Waals surface area contributed by atoms with Crippen LogP contribution in [0.15, 0.2) is 0 Å². The van der Waals surface area contributed by atoms with Gasteiger partial charge in [-0.05, 0) is 43.4 Å². The zero-order valence-corrected chi connectivity index (χ0v) is 13.0. The van der Waals surface area contributed by atoms with Gasteiger partial charge in [0.25, 0.3) is 0 Å². The van der Waals surface area contributed by atoms with E-state index in [2.05, 4.69) is 11.8 Å². The summed E-state index contributed by atoms with van der Waals surface area (Å²) >= 11 is 0. The summed E-state index contributed by atoms with van der Waals surface area (Å²) in [5.41, 5.74) is 0. The Morgan fingerprint density at radius 3 is 2.86 bits per heavy atom. The van der Waals surface area contributed by atoms with Crippen molar-refractivity contribution in [2.24, 2.45) is 29.6 Å². The van der Waals surface area contributed by atoms with Crippen LogP contribution in [0.3, 0.4) is 0 Å². The number of amides is 1. The molecule has 4 fully saturated rings. The normalized spacial score (nSPS) is 41.4. The summed E-state index contributed by atoms with van der Waals surface area (Å²) < 4.78 is 11.7. The topological polar surface area (TPSA) is 38.8 Å². The molecule has 0 bridgehead atoms. The molecule has 2 saturated carbocycles. The van der Waals surface area contributed by atoms with Gasteiger partial charge in [-0.1, -0.05) is 6.92 Å². The van der Waals surface area contributed by atoms with E-state index >= 15 is 0 Å². The molecule has 4 rings (SSSR count). The van der Waals surface area contributed by atoms with Gasteiger partial charge in [-0.15, -0.1) is 0 Å². The van der Waals surface area contributed by atoms with E-state index in [1.807, 2.05) is 0 Å². The number of ether oxygens (including phenoxy) is 2. The Morgan fingerprint density at radius 2 is 2.14 bits per heavy atom. The van der Waals surface area contributed by atoms with Crippen LogP contribution in [0.2, 0.25) is 0 Å². The summed E-state index contributed by atoms with van der Waals surface area (Å²) in [6.07, 6.45) is 5.18. The van der Waals surface area contributed by atoms with E-state index in [1.165, 1.54) is 12.8 Å². The summed E-state index contributed by atoms with van der Waals surface area (Å²) in [7, 11) is 0. The Balaban J connectivity index is 1.24. The molecule has 5 atom stereocenters. The molecular weight excluding hydrogens is 266 g/mol. The van der Waals surface area contributed by atoms with Gasteiger partial charge in [0, 0.05) is 38.1 Å². The zero-order valence-electron chi connectivity index (χ0n) is 13.0. The largest absolute Gasteiger partial charge is 0.381 e. The highest BCUT2D eigenvalue weighted by Gasteiger charge is 2.49. The van der Waals surface area contributed by atoms with Crippen molar-refractivity contribution < 1.29 is 14.3 Å². The molecule has 0 aromatic rings. The van der Waals surface area contributed by atoms with Crippen LogP contribution < -0.4 is 0 Å². The molecule has 0 radical (unpaired) electrons. The van der Waals surface area contributed by atoms with Crippen molar-refractivity contribution in [2.45, 2.75) is 38.7 Å². The van der Waals surface area contributed by atoms with Gasteiger partial charge in [0.2, 0.25) is 5.91 Å². The van der Waals surface area contributed by atoms with E-state index in [0.717, 1.165) is 51.7 Å². The van der Waals surface area contributed by atoms with Gasteiger partial charge in [-0.25, -0.2) is 0 Å². The summed E-state index contributed by atoms with van der Waals surface area (Å²) in [4.78, 5) is 14.4. The van der Waals surface area contributed by atoms with Crippen LogP contribution in [0.5, 0.6) is 0 Å². The highest BCUT2D eigenvalue weighted by atomic mass is 16.5. The first-order valence-corrected chi connectivity index (χ1v) is 8.70. The fraction of sp³-hybridized carbons (Fsp3) is 0.941. The van der Waals surface area contributed by atoms with Crippen molar-refractivity contribution in [2.75, 3.05) is 32.9 Å². The Hall–Kier alpha value is -0.610. The number of rotatable bonds is 6. The zero-order chi connectivity index (χ0) is 14.4. The van der Waals surface area contributed by atoms with Crippen molar-refractivity contribution in [3.8, 4) is 0 Å². The maximum absolute atomic E-state index is 12.3. The summed E-state index contributed by atoms with van der Waals surface area (Å²) in [5, 5.41) is 0. The van der Waals surface area contributed by atoms with Gasteiger partial charge in [-0.2, -0.15) is 0 Å². The van der Waals surface area contributed by atoms with E-state index in [9.17, 15) is 4.79 Å².